The predicted molar refractivity (Wildman–Crippen MR) is 73.1 cm³/mol. The van der Waals surface area contributed by atoms with Crippen LogP contribution in [0.5, 0.6) is 0 Å². The fraction of sp³-hybridized carbons (Fsp3) is 0.0714. The molecule has 0 fully saturated rings. The molecule has 0 aliphatic heterocycles. The van der Waals surface area contributed by atoms with Crippen molar-refractivity contribution in [1.29, 1.82) is 0 Å². The summed E-state index contributed by atoms with van der Waals surface area (Å²) in [6, 6.07) is 8.12. The zero-order valence-corrected chi connectivity index (χ0v) is 10.6. The lowest BCUT2D eigenvalue weighted by atomic mass is 10.2. The number of thiophene rings is 1. The Morgan fingerprint density at radius 1 is 1.39 bits per heavy atom. The van der Waals surface area contributed by atoms with Crippen LogP contribution in [-0.4, -0.2) is 5.91 Å². The van der Waals surface area contributed by atoms with Crippen LogP contribution in [0.25, 0.3) is 6.08 Å². The van der Waals surface area contributed by atoms with E-state index in [0.29, 0.717) is 11.3 Å². The van der Waals surface area contributed by atoms with Crippen molar-refractivity contribution in [2.75, 3.05) is 5.32 Å². The number of hydrogen-bond donors (Lipinski definition) is 1. The van der Waals surface area contributed by atoms with Gasteiger partial charge in [0.25, 0.3) is 0 Å². The van der Waals surface area contributed by atoms with E-state index in [2.05, 4.69) is 5.32 Å². The lowest BCUT2D eigenvalue weighted by Crippen LogP contribution is -2.08. The van der Waals surface area contributed by atoms with Crippen molar-refractivity contribution in [2.24, 2.45) is 0 Å². The second kappa shape index (κ2) is 5.60. The number of halogens is 1. The summed E-state index contributed by atoms with van der Waals surface area (Å²) in [7, 11) is 0. The monoisotopic (exact) mass is 261 g/mol. The minimum Gasteiger partial charge on any atom is -0.322 e. The third-order valence-electron chi connectivity index (χ3n) is 2.39. The van der Waals surface area contributed by atoms with Gasteiger partial charge in [-0.15, -0.1) is 11.3 Å². The molecule has 2 nitrogen and oxygen atoms in total. The summed E-state index contributed by atoms with van der Waals surface area (Å²) in [6.45, 7) is 1.75. The number of amides is 1. The van der Waals surface area contributed by atoms with Crippen molar-refractivity contribution in [3.05, 3.63) is 58.0 Å². The Balaban J connectivity index is 2.03. The Labute approximate surface area is 109 Å². The molecule has 0 atom stereocenters. The van der Waals surface area contributed by atoms with Crippen molar-refractivity contribution >= 4 is 29.0 Å². The molecular weight excluding hydrogens is 249 g/mol. The van der Waals surface area contributed by atoms with E-state index in [1.165, 1.54) is 18.2 Å². The van der Waals surface area contributed by atoms with Crippen LogP contribution in [0, 0.1) is 12.7 Å². The van der Waals surface area contributed by atoms with Gasteiger partial charge in [0.15, 0.2) is 0 Å². The van der Waals surface area contributed by atoms with Gasteiger partial charge in [0, 0.05) is 16.6 Å². The van der Waals surface area contributed by atoms with Gasteiger partial charge in [0.2, 0.25) is 5.91 Å². The van der Waals surface area contributed by atoms with Gasteiger partial charge in [0.05, 0.1) is 0 Å². The quantitative estimate of drug-likeness (QED) is 0.835. The minimum atomic E-state index is -0.306. The molecule has 18 heavy (non-hydrogen) atoms. The second-order valence-electron chi connectivity index (χ2n) is 3.80. The molecule has 1 amide bonds. The number of benzene rings is 1. The van der Waals surface area contributed by atoms with Crippen molar-refractivity contribution in [3.63, 3.8) is 0 Å². The molecule has 0 aliphatic rings. The van der Waals surface area contributed by atoms with Crippen molar-refractivity contribution in [3.8, 4) is 0 Å². The normalized spacial score (nSPS) is 10.8. The molecule has 0 bridgehead atoms. The summed E-state index contributed by atoms with van der Waals surface area (Å²) in [4.78, 5) is 12.7. The molecule has 1 N–H and O–H groups in total. The zero-order valence-electron chi connectivity index (χ0n) is 9.81. The van der Waals surface area contributed by atoms with Crippen LogP contribution in [0.15, 0.2) is 41.8 Å². The van der Waals surface area contributed by atoms with E-state index in [-0.39, 0.29) is 11.7 Å². The summed E-state index contributed by atoms with van der Waals surface area (Å²) >= 11 is 1.56. The number of anilines is 1. The number of carbonyl (C=O) groups is 1. The second-order valence-corrected chi connectivity index (χ2v) is 4.78. The SMILES string of the molecule is Cc1cc(F)ccc1NC(=O)/C=C/c1cccs1. The largest absolute Gasteiger partial charge is 0.322 e. The predicted octanol–water partition coefficient (Wildman–Crippen LogP) is 3.85. The Morgan fingerprint density at radius 3 is 2.89 bits per heavy atom. The number of hydrogen-bond acceptors (Lipinski definition) is 2. The Hall–Kier alpha value is -1.94. The fourth-order valence-corrected chi connectivity index (χ4v) is 2.10. The van der Waals surface area contributed by atoms with Crippen molar-refractivity contribution in [1.82, 2.24) is 0 Å². The maximum atomic E-state index is 12.9. The number of nitrogens with one attached hydrogen (secondary N) is 1. The van der Waals surface area contributed by atoms with Gasteiger partial charge in [-0.2, -0.15) is 0 Å². The van der Waals surface area contributed by atoms with Crippen LogP contribution in [0.2, 0.25) is 0 Å². The molecule has 1 heterocycles. The Kier molecular flexibility index (Phi) is 3.89. The van der Waals surface area contributed by atoms with Crippen LogP contribution >= 0.6 is 11.3 Å². The summed E-state index contributed by atoms with van der Waals surface area (Å²) in [5.74, 6) is -0.530. The van der Waals surface area contributed by atoms with Gasteiger partial charge in [0.1, 0.15) is 5.82 Å². The average molecular weight is 261 g/mol. The number of rotatable bonds is 3. The van der Waals surface area contributed by atoms with E-state index in [0.717, 1.165) is 4.88 Å². The Bertz CT molecular complexity index is 575. The first-order valence-corrected chi connectivity index (χ1v) is 6.32. The molecule has 0 saturated heterocycles. The van der Waals surface area contributed by atoms with Gasteiger partial charge in [-0.05, 0) is 48.2 Å². The Morgan fingerprint density at radius 2 is 2.22 bits per heavy atom. The smallest absolute Gasteiger partial charge is 0.248 e. The highest BCUT2D eigenvalue weighted by Gasteiger charge is 2.02. The van der Waals surface area contributed by atoms with Gasteiger partial charge in [-0.25, -0.2) is 4.39 Å². The molecule has 1 aromatic heterocycles. The third-order valence-corrected chi connectivity index (χ3v) is 3.23. The van der Waals surface area contributed by atoms with Crippen LogP contribution in [0.1, 0.15) is 10.4 Å². The molecule has 0 radical (unpaired) electrons. The number of aryl methyl sites for hydroxylation is 1. The molecule has 92 valence electrons. The van der Waals surface area contributed by atoms with E-state index in [1.807, 2.05) is 17.5 Å². The van der Waals surface area contributed by atoms with Gasteiger partial charge in [-0.1, -0.05) is 6.07 Å². The molecule has 1 aromatic carbocycles. The highest BCUT2D eigenvalue weighted by Crippen LogP contribution is 2.16. The van der Waals surface area contributed by atoms with Gasteiger partial charge >= 0.3 is 0 Å². The van der Waals surface area contributed by atoms with Crippen LogP contribution in [-0.2, 0) is 4.79 Å². The van der Waals surface area contributed by atoms with Crippen molar-refractivity contribution < 1.29 is 9.18 Å². The van der Waals surface area contributed by atoms with E-state index >= 15 is 0 Å². The van der Waals surface area contributed by atoms with Crippen molar-refractivity contribution in [2.45, 2.75) is 6.92 Å². The minimum absolute atomic E-state index is 0.224. The maximum absolute atomic E-state index is 12.9. The maximum Gasteiger partial charge on any atom is 0.248 e. The molecule has 2 rings (SSSR count). The molecular formula is C14H12FNOS. The summed E-state index contributed by atoms with van der Waals surface area (Å²) in [6.07, 6.45) is 3.22. The fourth-order valence-electron chi connectivity index (χ4n) is 1.49. The summed E-state index contributed by atoms with van der Waals surface area (Å²) in [5, 5.41) is 4.66. The summed E-state index contributed by atoms with van der Waals surface area (Å²) in [5.41, 5.74) is 1.32. The van der Waals surface area contributed by atoms with E-state index < -0.39 is 0 Å². The average Bonchev–Trinajstić information content (AvgIpc) is 2.83. The van der Waals surface area contributed by atoms with Gasteiger partial charge in [-0.3, -0.25) is 4.79 Å². The zero-order chi connectivity index (χ0) is 13.0. The molecule has 0 spiro atoms. The number of carbonyl (C=O) groups excluding carboxylic acids is 1. The van der Waals surface area contributed by atoms with Crippen LogP contribution in [0.4, 0.5) is 10.1 Å². The molecule has 0 saturated carbocycles. The van der Waals surface area contributed by atoms with E-state index in [1.54, 1.807) is 30.4 Å². The van der Waals surface area contributed by atoms with Gasteiger partial charge < -0.3 is 5.32 Å². The molecule has 4 heteroatoms. The first kappa shape index (κ1) is 12.5. The topological polar surface area (TPSA) is 29.1 Å². The molecule has 0 unspecified atom stereocenters. The summed E-state index contributed by atoms with van der Waals surface area (Å²) < 4.78 is 12.9. The first-order valence-electron chi connectivity index (χ1n) is 5.44. The lowest BCUT2D eigenvalue weighted by Gasteiger charge is -2.05. The lowest BCUT2D eigenvalue weighted by molar-refractivity contribution is -0.111. The van der Waals surface area contributed by atoms with Crippen LogP contribution in [0.3, 0.4) is 0 Å². The molecule has 0 aliphatic carbocycles. The highest BCUT2D eigenvalue weighted by molar-refractivity contribution is 7.10. The first-order chi connectivity index (χ1) is 8.65. The third kappa shape index (κ3) is 3.28. The van der Waals surface area contributed by atoms with Crippen LogP contribution < -0.4 is 5.32 Å². The van der Waals surface area contributed by atoms with E-state index in [4.69, 9.17) is 0 Å². The standard InChI is InChI=1S/C14H12FNOS/c1-10-9-11(15)4-6-13(10)16-14(17)7-5-12-3-2-8-18-12/h2-9H,1H3,(H,16,17)/b7-5+. The highest BCUT2D eigenvalue weighted by atomic mass is 32.1. The van der Waals surface area contributed by atoms with E-state index in [9.17, 15) is 9.18 Å². The molecule has 2 aromatic rings.